The summed E-state index contributed by atoms with van der Waals surface area (Å²) in [5.41, 5.74) is 0.450. The molecule has 1 aromatic carbocycles. The third kappa shape index (κ3) is 3.38. The summed E-state index contributed by atoms with van der Waals surface area (Å²) in [6, 6.07) is 3.52. The number of halogens is 6. The molecule has 0 aliphatic rings. The van der Waals surface area contributed by atoms with Crippen molar-refractivity contribution in [1.82, 2.24) is 0 Å². The molecular formula is C9H7ClF5NS. The molecule has 0 atom stereocenters. The molecule has 1 N–H and O–H groups in total. The van der Waals surface area contributed by atoms with Crippen molar-refractivity contribution in [3.05, 3.63) is 23.2 Å². The lowest BCUT2D eigenvalue weighted by atomic mass is 10.3. The van der Waals surface area contributed by atoms with Gasteiger partial charge in [-0.05, 0) is 30.0 Å². The second kappa shape index (κ2) is 4.89. The highest BCUT2D eigenvalue weighted by Crippen LogP contribution is 2.48. The average Bonchev–Trinajstić information content (AvgIpc) is 2.15. The molecule has 0 aliphatic carbocycles. The van der Waals surface area contributed by atoms with Crippen LogP contribution >= 0.6 is 23.4 Å². The van der Waals surface area contributed by atoms with Gasteiger partial charge in [-0.3, -0.25) is 0 Å². The number of benzene rings is 1. The number of anilines is 1. The zero-order valence-electron chi connectivity index (χ0n) is 8.41. The van der Waals surface area contributed by atoms with Gasteiger partial charge in [-0.1, -0.05) is 11.6 Å². The SMILES string of the molecule is CNc1ccc(SC(F)(F)C(F)(F)F)cc1Cl. The summed E-state index contributed by atoms with van der Waals surface area (Å²) < 4.78 is 61.3. The van der Waals surface area contributed by atoms with E-state index >= 15 is 0 Å². The average molecular weight is 292 g/mol. The molecule has 0 saturated heterocycles. The molecule has 0 bridgehead atoms. The molecule has 1 aromatic rings. The second-order valence-electron chi connectivity index (χ2n) is 3.01. The molecule has 0 aliphatic heterocycles. The van der Waals surface area contributed by atoms with Gasteiger partial charge < -0.3 is 5.32 Å². The summed E-state index contributed by atoms with van der Waals surface area (Å²) in [5, 5.41) is -2.09. The number of alkyl halides is 5. The number of thioether (sulfide) groups is 1. The van der Waals surface area contributed by atoms with Crippen LogP contribution in [0.3, 0.4) is 0 Å². The maximum atomic E-state index is 12.7. The van der Waals surface area contributed by atoms with E-state index < -0.39 is 23.2 Å². The molecule has 1 nitrogen and oxygen atoms in total. The first-order valence-electron chi connectivity index (χ1n) is 4.28. The normalized spacial score (nSPS) is 12.6. The standard InChI is InChI=1S/C9H7ClF5NS/c1-16-7-3-2-5(4-6(7)10)17-9(14,15)8(11,12)13/h2-4,16H,1H3. The van der Waals surface area contributed by atoms with Crippen molar-refractivity contribution >= 4 is 29.1 Å². The first-order valence-corrected chi connectivity index (χ1v) is 5.47. The molecule has 8 heteroatoms. The Morgan fingerprint density at radius 3 is 2.18 bits per heavy atom. The molecule has 0 fully saturated rings. The maximum Gasteiger partial charge on any atom is 0.464 e. The van der Waals surface area contributed by atoms with Gasteiger partial charge in [-0.25, -0.2) is 0 Å². The summed E-state index contributed by atoms with van der Waals surface area (Å²) in [6.45, 7) is 0. The third-order valence-electron chi connectivity index (χ3n) is 1.79. The van der Waals surface area contributed by atoms with E-state index in [4.69, 9.17) is 11.6 Å². The maximum absolute atomic E-state index is 12.7. The number of rotatable bonds is 3. The number of hydrogen-bond acceptors (Lipinski definition) is 2. The van der Waals surface area contributed by atoms with Gasteiger partial charge in [0.05, 0.1) is 10.7 Å². The Balaban J connectivity index is 2.93. The summed E-state index contributed by atoms with van der Waals surface area (Å²) in [7, 11) is 1.55. The van der Waals surface area contributed by atoms with Crippen molar-refractivity contribution in [2.45, 2.75) is 16.3 Å². The van der Waals surface area contributed by atoms with Crippen molar-refractivity contribution in [1.29, 1.82) is 0 Å². The van der Waals surface area contributed by atoms with Gasteiger partial charge in [0.25, 0.3) is 0 Å². The first-order chi connectivity index (χ1) is 7.67. The van der Waals surface area contributed by atoms with Crippen molar-refractivity contribution in [3.8, 4) is 0 Å². The smallest absolute Gasteiger partial charge is 0.387 e. The Morgan fingerprint density at radius 2 is 1.76 bits per heavy atom. The fourth-order valence-corrected chi connectivity index (χ4v) is 2.03. The zero-order valence-corrected chi connectivity index (χ0v) is 9.98. The fraction of sp³-hybridized carbons (Fsp3) is 0.333. The minimum absolute atomic E-state index is 0.0791. The zero-order chi connectivity index (χ0) is 13.3. The lowest BCUT2D eigenvalue weighted by Crippen LogP contribution is -2.32. The highest BCUT2D eigenvalue weighted by molar-refractivity contribution is 8.00. The summed E-state index contributed by atoms with van der Waals surface area (Å²) in [6.07, 6.45) is -5.59. The molecule has 0 unspecified atom stereocenters. The van der Waals surface area contributed by atoms with E-state index in [1.54, 1.807) is 7.05 Å². The molecule has 0 radical (unpaired) electrons. The monoisotopic (exact) mass is 291 g/mol. The van der Waals surface area contributed by atoms with Crippen LogP contribution in [-0.4, -0.2) is 18.5 Å². The van der Waals surface area contributed by atoms with Crippen LogP contribution in [0.2, 0.25) is 5.02 Å². The minimum Gasteiger partial charge on any atom is -0.387 e. The van der Waals surface area contributed by atoms with Crippen molar-refractivity contribution in [2.24, 2.45) is 0 Å². The topological polar surface area (TPSA) is 12.0 Å². The Hall–Kier alpha value is -0.690. The molecule has 0 amide bonds. The molecule has 17 heavy (non-hydrogen) atoms. The van der Waals surface area contributed by atoms with Crippen LogP contribution in [0.15, 0.2) is 23.1 Å². The minimum atomic E-state index is -5.59. The van der Waals surface area contributed by atoms with Gasteiger partial charge in [-0.2, -0.15) is 22.0 Å². The lowest BCUT2D eigenvalue weighted by Gasteiger charge is -2.18. The van der Waals surface area contributed by atoms with Gasteiger partial charge in [0.2, 0.25) is 0 Å². The Kier molecular flexibility index (Phi) is 4.14. The van der Waals surface area contributed by atoms with Gasteiger partial charge in [-0.15, -0.1) is 0 Å². The molecule has 96 valence electrons. The molecule has 0 spiro atoms. The largest absolute Gasteiger partial charge is 0.464 e. The Bertz CT molecular complexity index is 407. The lowest BCUT2D eigenvalue weighted by molar-refractivity contribution is -0.237. The molecule has 1 rings (SSSR count). The van der Waals surface area contributed by atoms with Crippen molar-refractivity contribution in [2.75, 3.05) is 12.4 Å². The third-order valence-corrected chi connectivity index (χ3v) is 3.08. The summed E-state index contributed by atoms with van der Waals surface area (Å²) >= 11 is 5.09. The van der Waals surface area contributed by atoms with Crippen LogP contribution in [0.5, 0.6) is 0 Å². The summed E-state index contributed by atoms with van der Waals surface area (Å²) in [4.78, 5) is -0.253. The van der Waals surface area contributed by atoms with Crippen LogP contribution in [0.1, 0.15) is 0 Å². The summed E-state index contributed by atoms with van der Waals surface area (Å²) in [5.74, 6) is 0. The van der Waals surface area contributed by atoms with Crippen LogP contribution < -0.4 is 5.32 Å². The van der Waals surface area contributed by atoms with E-state index in [1.165, 1.54) is 6.07 Å². The van der Waals surface area contributed by atoms with Gasteiger partial charge in [0, 0.05) is 11.9 Å². The Morgan fingerprint density at radius 1 is 1.18 bits per heavy atom. The number of hydrogen-bond donors (Lipinski definition) is 1. The predicted molar refractivity (Wildman–Crippen MR) is 57.9 cm³/mol. The van der Waals surface area contributed by atoms with Crippen molar-refractivity contribution < 1.29 is 22.0 Å². The highest BCUT2D eigenvalue weighted by Gasteiger charge is 2.58. The molecule has 0 saturated carbocycles. The van der Waals surface area contributed by atoms with E-state index in [9.17, 15) is 22.0 Å². The van der Waals surface area contributed by atoms with Gasteiger partial charge in [0.1, 0.15) is 0 Å². The molecule has 0 aromatic heterocycles. The van der Waals surface area contributed by atoms with Gasteiger partial charge in [0.15, 0.2) is 0 Å². The molecular weight excluding hydrogens is 285 g/mol. The Labute approximate surface area is 103 Å². The molecule has 0 heterocycles. The fourth-order valence-electron chi connectivity index (χ4n) is 0.968. The van der Waals surface area contributed by atoms with E-state index in [-0.39, 0.29) is 9.92 Å². The first kappa shape index (κ1) is 14.4. The van der Waals surface area contributed by atoms with E-state index in [2.05, 4.69) is 5.32 Å². The quantitative estimate of drug-likeness (QED) is 0.644. The highest BCUT2D eigenvalue weighted by atomic mass is 35.5. The second-order valence-corrected chi connectivity index (χ2v) is 4.60. The van der Waals surface area contributed by atoms with Crippen molar-refractivity contribution in [3.63, 3.8) is 0 Å². The van der Waals surface area contributed by atoms with Crippen LogP contribution in [0.4, 0.5) is 27.6 Å². The van der Waals surface area contributed by atoms with Crippen LogP contribution in [-0.2, 0) is 0 Å². The van der Waals surface area contributed by atoms with E-state index in [0.717, 1.165) is 12.1 Å². The van der Waals surface area contributed by atoms with Crippen LogP contribution in [0, 0.1) is 0 Å². The van der Waals surface area contributed by atoms with Gasteiger partial charge >= 0.3 is 11.4 Å². The number of nitrogens with one attached hydrogen (secondary N) is 1. The predicted octanol–water partition coefficient (Wildman–Crippen LogP) is 4.63. The van der Waals surface area contributed by atoms with E-state index in [1.807, 2.05) is 0 Å². The van der Waals surface area contributed by atoms with Crippen LogP contribution in [0.25, 0.3) is 0 Å². The van der Waals surface area contributed by atoms with E-state index in [0.29, 0.717) is 5.69 Å².